The van der Waals surface area contributed by atoms with Gasteiger partial charge in [0.15, 0.2) is 5.69 Å². The maximum absolute atomic E-state index is 13.1. The van der Waals surface area contributed by atoms with Crippen LogP contribution in [-0.2, 0) is 33.5 Å². The lowest BCUT2D eigenvalue weighted by atomic mass is 9.71. The first-order chi connectivity index (χ1) is 15.1. The van der Waals surface area contributed by atoms with E-state index >= 15 is 0 Å². The predicted octanol–water partition coefficient (Wildman–Crippen LogP) is 2.47. The van der Waals surface area contributed by atoms with E-state index in [9.17, 15) is 9.59 Å². The number of amides is 2. The highest BCUT2D eigenvalue weighted by Crippen LogP contribution is 2.38. The lowest BCUT2D eigenvalue weighted by molar-refractivity contribution is 0.0942. The Kier molecular flexibility index (Phi) is 5.62. The standard InChI is InChI=1S/C22H29N7O3/c1-22(2,3)14-6-7-17-15(8-14)18(27-32-17)20(30)26-16-11-25-29(5)19(16)21(31)23-9-13-10-24-28(4)12-13/h10-12,14H,6-9H2,1-5H3,(H,23,31)(H,26,30). The van der Waals surface area contributed by atoms with Crippen molar-refractivity contribution >= 4 is 17.5 Å². The van der Waals surface area contributed by atoms with Crippen LogP contribution >= 0.6 is 0 Å². The Morgan fingerprint density at radius 1 is 1.19 bits per heavy atom. The SMILES string of the molecule is Cn1cc(CNC(=O)c2c(NC(=O)c3noc4c3CC(C(C)(C)C)CC4)cnn2C)cn1. The van der Waals surface area contributed by atoms with E-state index < -0.39 is 5.91 Å². The summed E-state index contributed by atoms with van der Waals surface area (Å²) in [5, 5.41) is 17.9. The number of carbonyl (C=O) groups is 2. The Morgan fingerprint density at radius 2 is 1.97 bits per heavy atom. The fourth-order valence-corrected chi connectivity index (χ4v) is 4.13. The third-order valence-corrected chi connectivity index (χ3v) is 6.09. The molecule has 3 aromatic heterocycles. The van der Waals surface area contributed by atoms with Gasteiger partial charge < -0.3 is 15.2 Å². The topological polar surface area (TPSA) is 120 Å². The maximum Gasteiger partial charge on any atom is 0.278 e. The number of anilines is 1. The molecule has 4 rings (SSSR count). The smallest absolute Gasteiger partial charge is 0.278 e. The second kappa shape index (κ2) is 8.25. The summed E-state index contributed by atoms with van der Waals surface area (Å²) in [6.07, 6.45) is 7.50. The molecule has 1 atom stereocenters. The molecule has 0 radical (unpaired) electrons. The van der Waals surface area contributed by atoms with E-state index in [2.05, 4.69) is 46.8 Å². The average Bonchev–Trinajstić information content (AvgIpc) is 3.43. The lowest BCUT2D eigenvalue weighted by Gasteiger charge is -2.33. The first-order valence-electron chi connectivity index (χ1n) is 10.7. The molecular weight excluding hydrogens is 410 g/mol. The van der Waals surface area contributed by atoms with Crippen LogP contribution in [0.3, 0.4) is 0 Å². The van der Waals surface area contributed by atoms with E-state index in [1.807, 2.05) is 13.2 Å². The molecule has 2 N–H and O–H groups in total. The third-order valence-electron chi connectivity index (χ3n) is 6.09. The molecule has 10 heteroatoms. The molecule has 0 aliphatic heterocycles. The number of hydrogen-bond donors (Lipinski definition) is 2. The van der Waals surface area contributed by atoms with Crippen LogP contribution in [0.1, 0.15) is 65.1 Å². The van der Waals surface area contributed by atoms with Gasteiger partial charge >= 0.3 is 0 Å². The van der Waals surface area contributed by atoms with Crippen molar-refractivity contribution in [2.24, 2.45) is 25.4 Å². The van der Waals surface area contributed by atoms with Gasteiger partial charge in [-0.25, -0.2) is 0 Å². The van der Waals surface area contributed by atoms with Crippen molar-refractivity contribution in [1.82, 2.24) is 30.0 Å². The highest BCUT2D eigenvalue weighted by molar-refractivity contribution is 6.08. The first-order valence-corrected chi connectivity index (χ1v) is 10.7. The number of nitrogens with zero attached hydrogens (tertiary/aromatic N) is 5. The minimum absolute atomic E-state index is 0.131. The number of nitrogens with one attached hydrogen (secondary N) is 2. The van der Waals surface area contributed by atoms with Crippen LogP contribution in [-0.4, -0.2) is 36.5 Å². The van der Waals surface area contributed by atoms with Crippen molar-refractivity contribution in [2.75, 3.05) is 5.32 Å². The van der Waals surface area contributed by atoms with Crippen molar-refractivity contribution in [2.45, 2.75) is 46.6 Å². The summed E-state index contributed by atoms with van der Waals surface area (Å²) in [5.74, 6) is 0.461. The van der Waals surface area contributed by atoms with Crippen molar-refractivity contribution in [3.05, 3.63) is 46.9 Å². The molecule has 1 aliphatic rings. The van der Waals surface area contributed by atoms with Crippen LogP contribution < -0.4 is 10.6 Å². The average molecular weight is 440 g/mol. The van der Waals surface area contributed by atoms with Gasteiger partial charge in [-0.2, -0.15) is 10.2 Å². The molecule has 0 spiro atoms. The van der Waals surface area contributed by atoms with Gasteiger partial charge in [0, 0.05) is 44.4 Å². The summed E-state index contributed by atoms with van der Waals surface area (Å²) >= 11 is 0. The molecule has 32 heavy (non-hydrogen) atoms. The van der Waals surface area contributed by atoms with Gasteiger partial charge in [-0.3, -0.25) is 19.0 Å². The van der Waals surface area contributed by atoms with Gasteiger partial charge in [0.25, 0.3) is 11.8 Å². The van der Waals surface area contributed by atoms with Crippen LogP contribution in [0.25, 0.3) is 0 Å². The van der Waals surface area contributed by atoms with Crippen molar-refractivity contribution < 1.29 is 14.1 Å². The lowest BCUT2D eigenvalue weighted by Crippen LogP contribution is -2.28. The van der Waals surface area contributed by atoms with Gasteiger partial charge in [0.05, 0.1) is 18.1 Å². The molecule has 10 nitrogen and oxygen atoms in total. The molecule has 0 aromatic carbocycles. The summed E-state index contributed by atoms with van der Waals surface area (Å²) in [5.41, 5.74) is 2.72. The fraction of sp³-hybridized carbons (Fsp3) is 0.500. The zero-order valence-electron chi connectivity index (χ0n) is 19.1. The Balaban J connectivity index is 1.49. The maximum atomic E-state index is 13.1. The molecule has 0 saturated carbocycles. The van der Waals surface area contributed by atoms with Crippen LogP contribution in [0.2, 0.25) is 0 Å². The van der Waals surface area contributed by atoms with Crippen molar-refractivity contribution in [1.29, 1.82) is 0 Å². The predicted molar refractivity (Wildman–Crippen MR) is 117 cm³/mol. The number of aryl methyl sites for hydroxylation is 3. The monoisotopic (exact) mass is 439 g/mol. The van der Waals surface area contributed by atoms with Gasteiger partial charge in [-0.1, -0.05) is 25.9 Å². The van der Waals surface area contributed by atoms with E-state index in [4.69, 9.17) is 4.52 Å². The number of fused-ring (bicyclic) bond motifs is 1. The second-order valence-corrected chi connectivity index (χ2v) is 9.43. The summed E-state index contributed by atoms with van der Waals surface area (Å²) in [6, 6.07) is 0. The summed E-state index contributed by atoms with van der Waals surface area (Å²) in [4.78, 5) is 25.9. The van der Waals surface area contributed by atoms with Crippen LogP contribution in [0.15, 0.2) is 23.1 Å². The normalized spacial score (nSPS) is 16.0. The highest BCUT2D eigenvalue weighted by atomic mass is 16.5. The zero-order valence-corrected chi connectivity index (χ0v) is 19.1. The van der Waals surface area contributed by atoms with E-state index in [0.717, 1.165) is 36.1 Å². The van der Waals surface area contributed by atoms with E-state index in [-0.39, 0.29) is 22.7 Å². The third kappa shape index (κ3) is 4.30. The fourth-order valence-electron chi connectivity index (χ4n) is 4.13. The summed E-state index contributed by atoms with van der Waals surface area (Å²) < 4.78 is 8.56. The zero-order chi connectivity index (χ0) is 23.0. The van der Waals surface area contributed by atoms with Gasteiger partial charge in [0.1, 0.15) is 11.5 Å². The minimum Gasteiger partial charge on any atom is -0.360 e. The minimum atomic E-state index is -0.404. The van der Waals surface area contributed by atoms with Crippen molar-refractivity contribution in [3.8, 4) is 0 Å². The Hall–Kier alpha value is -3.43. The number of carbonyl (C=O) groups excluding carboxylic acids is 2. The van der Waals surface area contributed by atoms with Crippen LogP contribution in [0.5, 0.6) is 0 Å². The number of hydrogen-bond acceptors (Lipinski definition) is 6. The van der Waals surface area contributed by atoms with Gasteiger partial charge in [-0.05, 0) is 24.2 Å². The second-order valence-electron chi connectivity index (χ2n) is 9.43. The van der Waals surface area contributed by atoms with E-state index in [1.165, 1.54) is 10.9 Å². The molecule has 0 fully saturated rings. The van der Waals surface area contributed by atoms with Crippen LogP contribution in [0, 0.1) is 11.3 Å². The quantitative estimate of drug-likeness (QED) is 0.630. The molecule has 170 valence electrons. The number of rotatable bonds is 5. The molecular formula is C22H29N7O3. The molecule has 0 bridgehead atoms. The van der Waals surface area contributed by atoms with Crippen molar-refractivity contribution in [3.63, 3.8) is 0 Å². The van der Waals surface area contributed by atoms with E-state index in [0.29, 0.717) is 18.2 Å². The summed E-state index contributed by atoms with van der Waals surface area (Å²) in [6.45, 7) is 6.95. The molecule has 1 unspecified atom stereocenters. The Bertz CT molecular complexity index is 1150. The molecule has 0 saturated heterocycles. The summed E-state index contributed by atoms with van der Waals surface area (Å²) in [7, 11) is 3.47. The number of aromatic nitrogens is 5. The molecule has 2 amide bonds. The Morgan fingerprint density at radius 3 is 2.66 bits per heavy atom. The Labute approximate surface area is 186 Å². The largest absolute Gasteiger partial charge is 0.360 e. The highest BCUT2D eigenvalue weighted by Gasteiger charge is 2.34. The van der Waals surface area contributed by atoms with Crippen LogP contribution in [0.4, 0.5) is 5.69 Å². The molecule has 3 heterocycles. The molecule has 1 aliphatic carbocycles. The first kappa shape index (κ1) is 21.8. The van der Waals surface area contributed by atoms with Gasteiger partial charge in [0.2, 0.25) is 0 Å². The van der Waals surface area contributed by atoms with Gasteiger partial charge in [-0.15, -0.1) is 0 Å². The molecule has 3 aromatic rings. The van der Waals surface area contributed by atoms with E-state index in [1.54, 1.807) is 17.9 Å².